The number of hydrogen-bond acceptors (Lipinski definition) is 4. The Morgan fingerprint density at radius 1 is 1.32 bits per heavy atom. The molecule has 136 valence electrons. The molecule has 1 unspecified atom stereocenters. The Kier molecular flexibility index (Phi) is 6.58. The second kappa shape index (κ2) is 8.67. The molecule has 1 amide bonds. The van der Waals surface area contributed by atoms with Gasteiger partial charge in [-0.1, -0.05) is 26.0 Å². The zero-order valence-electron chi connectivity index (χ0n) is 15.7. The molecule has 1 aromatic carbocycles. The minimum absolute atomic E-state index is 0.0147. The van der Waals surface area contributed by atoms with Crippen molar-refractivity contribution in [1.82, 2.24) is 20.0 Å². The topological polar surface area (TPSA) is 59.4 Å². The maximum Gasteiger partial charge on any atom is 0.234 e. The quantitative estimate of drug-likeness (QED) is 0.799. The summed E-state index contributed by atoms with van der Waals surface area (Å²) in [5.41, 5.74) is 2.17. The average molecular weight is 344 g/mol. The van der Waals surface area contributed by atoms with Crippen LogP contribution < -0.4 is 10.1 Å². The number of rotatable bonds is 8. The van der Waals surface area contributed by atoms with E-state index in [4.69, 9.17) is 4.74 Å². The van der Waals surface area contributed by atoms with Gasteiger partial charge in [0.2, 0.25) is 5.91 Å². The SMILES string of the molecule is COc1ccc(C(NC(=O)CN(C)Cc2cnn(C)c2)C(C)C)cc1. The van der Waals surface area contributed by atoms with Gasteiger partial charge in [0, 0.05) is 25.4 Å². The number of methoxy groups -OCH3 is 1. The van der Waals surface area contributed by atoms with E-state index in [0.29, 0.717) is 19.0 Å². The van der Waals surface area contributed by atoms with Crippen LogP contribution in [0.15, 0.2) is 36.7 Å². The second-order valence-corrected chi connectivity index (χ2v) is 6.76. The van der Waals surface area contributed by atoms with Crippen LogP contribution in [0.1, 0.15) is 31.0 Å². The maximum absolute atomic E-state index is 12.5. The fourth-order valence-corrected chi connectivity index (χ4v) is 2.83. The number of amides is 1. The molecule has 0 saturated heterocycles. The Hall–Kier alpha value is -2.34. The van der Waals surface area contributed by atoms with E-state index < -0.39 is 0 Å². The minimum atomic E-state index is -0.0230. The van der Waals surface area contributed by atoms with E-state index in [1.165, 1.54) is 0 Å². The highest BCUT2D eigenvalue weighted by Gasteiger charge is 2.19. The predicted octanol–water partition coefficient (Wildman–Crippen LogP) is 2.37. The van der Waals surface area contributed by atoms with Gasteiger partial charge in [0.25, 0.3) is 0 Å². The first-order valence-electron chi connectivity index (χ1n) is 8.48. The van der Waals surface area contributed by atoms with Crippen molar-refractivity contribution in [2.45, 2.75) is 26.4 Å². The van der Waals surface area contributed by atoms with Crippen LogP contribution in [0.4, 0.5) is 0 Å². The molecule has 0 radical (unpaired) electrons. The molecule has 1 N–H and O–H groups in total. The number of nitrogens with one attached hydrogen (secondary N) is 1. The van der Waals surface area contributed by atoms with Crippen LogP contribution in [0.5, 0.6) is 5.75 Å². The van der Waals surface area contributed by atoms with E-state index in [0.717, 1.165) is 16.9 Å². The highest BCUT2D eigenvalue weighted by molar-refractivity contribution is 5.78. The summed E-state index contributed by atoms with van der Waals surface area (Å²) in [7, 11) is 5.47. The zero-order valence-corrected chi connectivity index (χ0v) is 15.7. The Morgan fingerprint density at radius 3 is 2.52 bits per heavy atom. The summed E-state index contributed by atoms with van der Waals surface area (Å²) in [5.74, 6) is 1.12. The van der Waals surface area contributed by atoms with E-state index in [1.54, 1.807) is 11.8 Å². The third kappa shape index (κ3) is 5.60. The van der Waals surface area contributed by atoms with Crippen LogP contribution in [0, 0.1) is 5.92 Å². The van der Waals surface area contributed by atoms with E-state index in [9.17, 15) is 4.79 Å². The van der Waals surface area contributed by atoms with Gasteiger partial charge in [-0.25, -0.2) is 0 Å². The van der Waals surface area contributed by atoms with Crippen molar-refractivity contribution >= 4 is 5.91 Å². The van der Waals surface area contributed by atoms with Crippen molar-refractivity contribution in [1.29, 1.82) is 0 Å². The minimum Gasteiger partial charge on any atom is -0.497 e. The van der Waals surface area contributed by atoms with Crippen molar-refractivity contribution in [3.63, 3.8) is 0 Å². The van der Waals surface area contributed by atoms with Crippen LogP contribution in [0.2, 0.25) is 0 Å². The lowest BCUT2D eigenvalue weighted by Crippen LogP contribution is -2.38. The first-order valence-corrected chi connectivity index (χ1v) is 8.48. The molecule has 0 spiro atoms. The number of benzene rings is 1. The van der Waals surface area contributed by atoms with E-state index >= 15 is 0 Å². The average Bonchev–Trinajstić information content (AvgIpc) is 2.97. The first-order chi connectivity index (χ1) is 11.9. The van der Waals surface area contributed by atoms with Crippen LogP contribution in [0.3, 0.4) is 0 Å². The summed E-state index contributed by atoms with van der Waals surface area (Å²) < 4.78 is 6.97. The smallest absolute Gasteiger partial charge is 0.234 e. The molecule has 0 fully saturated rings. The van der Waals surface area contributed by atoms with Gasteiger partial charge in [0.15, 0.2) is 0 Å². The molecule has 0 aliphatic rings. The van der Waals surface area contributed by atoms with E-state index in [1.807, 2.05) is 55.7 Å². The maximum atomic E-state index is 12.5. The molecule has 0 bridgehead atoms. The third-order valence-corrected chi connectivity index (χ3v) is 4.08. The number of ether oxygens (including phenoxy) is 1. The van der Waals surface area contributed by atoms with Crippen molar-refractivity contribution < 1.29 is 9.53 Å². The number of carbonyl (C=O) groups is 1. The van der Waals surface area contributed by atoms with Crippen LogP contribution in [-0.4, -0.2) is 41.3 Å². The summed E-state index contributed by atoms with van der Waals surface area (Å²) in [6.07, 6.45) is 3.78. The normalized spacial score (nSPS) is 12.4. The van der Waals surface area contributed by atoms with E-state index in [-0.39, 0.29) is 11.9 Å². The van der Waals surface area contributed by atoms with Crippen LogP contribution in [0.25, 0.3) is 0 Å². The lowest BCUT2D eigenvalue weighted by Gasteiger charge is -2.24. The van der Waals surface area contributed by atoms with Crippen molar-refractivity contribution in [3.05, 3.63) is 47.8 Å². The number of likely N-dealkylation sites (N-methyl/N-ethyl adjacent to an activating group) is 1. The Morgan fingerprint density at radius 2 is 2.00 bits per heavy atom. The summed E-state index contributed by atoms with van der Waals surface area (Å²) in [5, 5.41) is 7.30. The summed E-state index contributed by atoms with van der Waals surface area (Å²) in [6, 6.07) is 7.83. The first kappa shape index (κ1) is 19.0. The number of aromatic nitrogens is 2. The molecule has 2 rings (SSSR count). The van der Waals surface area contributed by atoms with Crippen LogP contribution in [-0.2, 0) is 18.4 Å². The molecule has 6 heteroatoms. The van der Waals surface area contributed by atoms with Crippen LogP contribution >= 0.6 is 0 Å². The lowest BCUT2D eigenvalue weighted by molar-refractivity contribution is -0.123. The number of carbonyl (C=O) groups excluding carboxylic acids is 1. The third-order valence-electron chi connectivity index (χ3n) is 4.08. The van der Waals surface area contributed by atoms with Crippen molar-refractivity contribution in [2.24, 2.45) is 13.0 Å². The van der Waals surface area contributed by atoms with Gasteiger partial charge >= 0.3 is 0 Å². The second-order valence-electron chi connectivity index (χ2n) is 6.76. The molecule has 0 aliphatic heterocycles. The Labute approximate surface area is 149 Å². The lowest BCUT2D eigenvalue weighted by atomic mass is 9.96. The molecule has 2 aromatic rings. The fourth-order valence-electron chi connectivity index (χ4n) is 2.83. The molecule has 6 nitrogen and oxygen atoms in total. The van der Waals surface area contributed by atoms with Gasteiger partial charge in [0.1, 0.15) is 5.75 Å². The monoisotopic (exact) mass is 344 g/mol. The van der Waals surface area contributed by atoms with Gasteiger partial charge in [-0.15, -0.1) is 0 Å². The molecule has 0 saturated carbocycles. The highest BCUT2D eigenvalue weighted by atomic mass is 16.5. The van der Waals surface area contributed by atoms with Gasteiger partial charge in [-0.3, -0.25) is 14.4 Å². The largest absolute Gasteiger partial charge is 0.497 e. The number of nitrogens with zero attached hydrogens (tertiary/aromatic N) is 3. The van der Waals surface area contributed by atoms with Gasteiger partial charge in [-0.05, 0) is 30.7 Å². The molecule has 1 aromatic heterocycles. The number of hydrogen-bond donors (Lipinski definition) is 1. The highest BCUT2D eigenvalue weighted by Crippen LogP contribution is 2.23. The molecule has 1 heterocycles. The molecular formula is C19H28N4O2. The van der Waals surface area contributed by atoms with E-state index in [2.05, 4.69) is 24.3 Å². The van der Waals surface area contributed by atoms with Gasteiger partial charge < -0.3 is 10.1 Å². The predicted molar refractivity (Wildman–Crippen MR) is 98.3 cm³/mol. The standard InChI is InChI=1S/C19H28N4O2/c1-14(2)19(16-6-8-17(25-5)9-7-16)21-18(24)13-22(3)11-15-10-20-23(4)12-15/h6-10,12,14,19H,11,13H2,1-5H3,(H,21,24). The summed E-state index contributed by atoms with van der Waals surface area (Å²) in [6.45, 7) is 5.24. The molecular weight excluding hydrogens is 316 g/mol. The van der Waals surface area contributed by atoms with Gasteiger partial charge in [0.05, 0.1) is 25.9 Å². The molecule has 0 aliphatic carbocycles. The van der Waals surface area contributed by atoms with Gasteiger partial charge in [-0.2, -0.15) is 5.10 Å². The van der Waals surface area contributed by atoms with Crippen molar-refractivity contribution in [2.75, 3.05) is 20.7 Å². The Bertz CT molecular complexity index is 679. The summed E-state index contributed by atoms with van der Waals surface area (Å²) in [4.78, 5) is 14.4. The zero-order chi connectivity index (χ0) is 18.4. The fraction of sp³-hybridized carbons (Fsp3) is 0.474. The van der Waals surface area contributed by atoms with Crippen molar-refractivity contribution in [3.8, 4) is 5.75 Å². The molecule has 25 heavy (non-hydrogen) atoms. The molecule has 1 atom stereocenters. The summed E-state index contributed by atoms with van der Waals surface area (Å²) >= 11 is 0. The Balaban J connectivity index is 1.94. The number of aryl methyl sites for hydroxylation is 1.